The predicted octanol–water partition coefficient (Wildman–Crippen LogP) is 3.14. The topological polar surface area (TPSA) is 41.1 Å². The Hall–Kier alpha value is -1.51. The van der Waals surface area contributed by atoms with Crippen molar-refractivity contribution in [3.05, 3.63) is 29.8 Å². The summed E-state index contributed by atoms with van der Waals surface area (Å²) in [6, 6.07) is 8.19. The Labute approximate surface area is 110 Å². The maximum Gasteiger partial charge on any atom is 0.239 e. The number of hydrogen-bond acceptors (Lipinski definition) is 2. The molecule has 1 amide bonds. The van der Waals surface area contributed by atoms with Crippen molar-refractivity contribution < 1.29 is 4.79 Å². The van der Waals surface area contributed by atoms with E-state index in [0.29, 0.717) is 12.5 Å². The minimum Gasteiger partial charge on any atom is -0.376 e. The summed E-state index contributed by atoms with van der Waals surface area (Å²) in [7, 11) is 0. The van der Waals surface area contributed by atoms with Crippen LogP contribution in [0.3, 0.4) is 0 Å². The molecule has 0 aliphatic rings. The molecule has 100 valence electrons. The van der Waals surface area contributed by atoms with E-state index in [2.05, 4.69) is 36.6 Å². The largest absolute Gasteiger partial charge is 0.376 e. The Morgan fingerprint density at radius 3 is 2.50 bits per heavy atom. The molecule has 0 bridgehead atoms. The van der Waals surface area contributed by atoms with E-state index < -0.39 is 0 Å². The van der Waals surface area contributed by atoms with Gasteiger partial charge in [0.1, 0.15) is 0 Å². The van der Waals surface area contributed by atoms with Crippen LogP contribution in [-0.2, 0) is 4.79 Å². The standard InChI is InChI=1S/C15H24N2O/c1-11(2)12-7-6-8-13(9-12)16-10-14(18)17-15(3,4)5/h6-9,11,16H,10H2,1-5H3,(H,17,18). The van der Waals surface area contributed by atoms with Crippen LogP contribution >= 0.6 is 0 Å². The van der Waals surface area contributed by atoms with Gasteiger partial charge in [-0.1, -0.05) is 26.0 Å². The van der Waals surface area contributed by atoms with Gasteiger partial charge in [0.25, 0.3) is 0 Å². The first-order chi connectivity index (χ1) is 8.28. The third kappa shape index (κ3) is 5.21. The normalized spacial score (nSPS) is 11.4. The number of nitrogens with one attached hydrogen (secondary N) is 2. The number of rotatable bonds is 4. The molecule has 0 unspecified atom stereocenters. The minimum absolute atomic E-state index is 0.0115. The zero-order valence-corrected chi connectivity index (χ0v) is 12.0. The van der Waals surface area contributed by atoms with Crippen molar-refractivity contribution >= 4 is 11.6 Å². The molecule has 0 aliphatic heterocycles. The molecule has 0 fully saturated rings. The Bertz CT molecular complexity index is 405. The summed E-state index contributed by atoms with van der Waals surface area (Å²) in [5.41, 5.74) is 2.08. The Morgan fingerprint density at radius 1 is 1.28 bits per heavy atom. The third-order valence-electron chi connectivity index (χ3n) is 2.52. The lowest BCUT2D eigenvalue weighted by Crippen LogP contribution is -2.43. The van der Waals surface area contributed by atoms with Crippen molar-refractivity contribution in [2.45, 2.75) is 46.1 Å². The monoisotopic (exact) mass is 248 g/mol. The van der Waals surface area contributed by atoms with Gasteiger partial charge < -0.3 is 10.6 Å². The number of hydrogen-bond donors (Lipinski definition) is 2. The SMILES string of the molecule is CC(C)c1cccc(NCC(=O)NC(C)(C)C)c1. The molecule has 0 radical (unpaired) electrons. The summed E-state index contributed by atoms with van der Waals surface area (Å²) in [4.78, 5) is 11.7. The molecule has 0 saturated carbocycles. The summed E-state index contributed by atoms with van der Waals surface area (Å²) in [5, 5.41) is 6.08. The van der Waals surface area contributed by atoms with E-state index in [1.54, 1.807) is 0 Å². The summed E-state index contributed by atoms with van der Waals surface area (Å²) in [6.45, 7) is 10.6. The van der Waals surface area contributed by atoms with Gasteiger partial charge in [0, 0.05) is 11.2 Å². The summed E-state index contributed by atoms with van der Waals surface area (Å²) >= 11 is 0. The zero-order valence-electron chi connectivity index (χ0n) is 12.0. The van der Waals surface area contributed by atoms with E-state index in [1.165, 1.54) is 5.56 Å². The van der Waals surface area contributed by atoms with Crippen LogP contribution in [0.15, 0.2) is 24.3 Å². The molecular weight excluding hydrogens is 224 g/mol. The average molecular weight is 248 g/mol. The third-order valence-corrected chi connectivity index (χ3v) is 2.52. The molecule has 0 aromatic heterocycles. The van der Waals surface area contributed by atoms with E-state index in [4.69, 9.17) is 0 Å². The van der Waals surface area contributed by atoms with Crippen molar-refractivity contribution in [2.24, 2.45) is 0 Å². The Morgan fingerprint density at radius 2 is 1.94 bits per heavy atom. The minimum atomic E-state index is -0.182. The van der Waals surface area contributed by atoms with Crippen LogP contribution in [0.2, 0.25) is 0 Å². The van der Waals surface area contributed by atoms with Crippen LogP contribution in [0.1, 0.15) is 46.1 Å². The zero-order chi connectivity index (χ0) is 13.8. The molecular formula is C15H24N2O. The fourth-order valence-corrected chi connectivity index (χ4v) is 1.65. The highest BCUT2D eigenvalue weighted by Crippen LogP contribution is 2.18. The van der Waals surface area contributed by atoms with E-state index in [-0.39, 0.29) is 11.4 Å². The molecule has 2 N–H and O–H groups in total. The smallest absolute Gasteiger partial charge is 0.239 e. The van der Waals surface area contributed by atoms with E-state index in [9.17, 15) is 4.79 Å². The second kappa shape index (κ2) is 5.89. The van der Waals surface area contributed by atoms with Crippen LogP contribution in [-0.4, -0.2) is 18.0 Å². The average Bonchev–Trinajstić information content (AvgIpc) is 2.24. The first-order valence-electron chi connectivity index (χ1n) is 6.43. The number of anilines is 1. The highest BCUT2D eigenvalue weighted by molar-refractivity contribution is 5.81. The maximum atomic E-state index is 11.7. The summed E-state index contributed by atoms with van der Waals surface area (Å²) in [5.74, 6) is 0.507. The van der Waals surface area contributed by atoms with Gasteiger partial charge in [-0.2, -0.15) is 0 Å². The van der Waals surface area contributed by atoms with Gasteiger partial charge in [0.15, 0.2) is 0 Å². The van der Waals surface area contributed by atoms with Crippen LogP contribution < -0.4 is 10.6 Å². The molecule has 0 spiro atoms. The van der Waals surface area contributed by atoms with Gasteiger partial charge in [-0.25, -0.2) is 0 Å². The molecule has 1 aromatic carbocycles. The van der Waals surface area contributed by atoms with E-state index >= 15 is 0 Å². The van der Waals surface area contributed by atoms with Crippen LogP contribution in [0.25, 0.3) is 0 Å². The first kappa shape index (κ1) is 14.6. The van der Waals surface area contributed by atoms with Crippen LogP contribution in [0.5, 0.6) is 0 Å². The second-order valence-corrected chi connectivity index (χ2v) is 5.93. The number of carbonyl (C=O) groups is 1. The highest BCUT2D eigenvalue weighted by atomic mass is 16.2. The molecule has 0 saturated heterocycles. The van der Waals surface area contributed by atoms with Gasteiger partial charge in [-0.15, -0.1) is 0 Å². The van der Waals surface area contributed by atoms with Crippen LogP contribution in [0, 0.1) is 0 Å². The highest BCUT2D eigenvalue weighted by Gasteiger charge is 2.13. The summed E-state index contributed by atoms with van der Waals surface area (Å²) < 4.78 is 0. The summed E-state index contributed by atoms with van der Waals surface area (Å²) in [6.07, 6.45) is 0. The van der Waals surface area contributed by atoms with Crippen LogP contribution in [0.4, 0.5) is 5.69 Å². The molecule has 18 heavy (non-hydrogen) atoms. The molecule has 1 rings (SSSR count). The molecule has 3 nitrogen and oxygen atoms in total. The second-order valence-electron chi connectivity index (χ2n) is 5.93. The molecule has 0 heterocycles. The van der Waals surface area contributed by atoms with Gasteiger partial charge in [-0.3, -0.25) is 4.79 Å². The van der Waals surface area contributed by atoms with Crippen molar-refractivity contribution in [3.63, 3.8) is 0 Å². The van der Waals surface area contributed by atoms with Crippen molar-refractivity contribution in [1.29, 1.82) is 0 Å². The van der Waals surface area contributed by atoms with Crippen molar-refractivity contribution in [1.82, 2.24) is 5.32 Å². The lowest BCUT2D eigenvalue weighted by Gasteiger charge is -2.20. The number of benzene rings is 1. The number of carbonyl (C=O) groups excluding carboxylic acids is 1. The lowest BCUT2D eigenvalue weighted by molar-refractivity contribution is -0.120. The number of amides is 1. The lowest BCUT2D eigenvalue weighted by atomic mass is 10.0. The molecule has 1 aromatic rings. The first-order valence-corrected chi connectivity index (χ1v) is 6.43. The Kier molecular flexibility index (Phi) is 4.76. The predicted molar refractivity (Wildman–Crippen MR) is 76.9 cm³/mol. The molecule has 3 heteroatoms. The van der Waals surface area contributed by atoms with E-state index in [1.807, 2.05) is 32.9 Å². The van der Waals surface area contributed by atoms with Gasteiger partial charge in [0.05, 0.1) is 6.54 Å². The molecule has 0 aliphatic carbocycles. The van der Waals surface area contributed by atoms with Gasteiger partial charge in [-0.05, 0) is 44.4 Å². The fraction of sp³-hybridized carbons (Fsp3) is 0.533. The molecule has 0 atom stereocenters. The van der Waals surface area contributed by atoms with Gasteiger partial charge in [0.2, 0.25) is 5.91 Å². The van der Waals surface area contributed by atoms with Gasteiger partial charge >= 0.3 is 0 Å². The van der Waals surface area contributed by atoms with E-state index in [0.717, 1.165) is 5.69 Å². The Balaban J connectivity index is 2.53. The quantitative estimate of drug-likeness (QED) is 0.859. The van der Waals surface area contributed by atoms with Crippen molar-refractivity contribution in [3.8, 4) is 0 Å². The maximum absolute atomic E-state index is 11.7. The fourth-order valence-electron chi connectivity index (χ4n) is 1.65. The van der Waals surface area contributed by atoms with Crippen molar-refractivity contribution in [2.75, 3.05) is 11.9 Å².